The van der Waals surface area contributed by atoms with E-state index in [1.165, 1.54) is 4.90 Å². The minimum atomic E-state index is -4.83. The molecule has 2 aromatic carbocycles. The first-order chi connectivity index (χ1) is 17.1. The van der Waals surface area contributed by atoms with Crippen molar-refractivity contribution in [3.63, 3.8) is 0 Å². The maximum Gasteiger partial charge on any atom is 0.417 e. The number of hydrogen-bond acceptors (Lipinski definition) is 4. The molecule has 0 radical (unpaired) electrons. The summed E-state index contributed by atoms with van der Waals surface area (Å²) in [6.45, 7) is 4.56. The molecule has 37 heavy (non-hydrogen) atoms. The highest BCUT2D eigenvalue weighted by atomic mass is 35.5. The monoisotopic (exact) mass is 561 g/mol. The molecule has 0 heterocycles. The van der Waals surface area contributed by atoms with Crippen molar-refractivity contribution in [1.82, 2.24) is 10.2 Å². The Morgan fingerprint density at radius 1 is 1.08 bits per heavy atom. The van der Waals surface area contributed by atoms with E-state index in [1.807, 2.05) is 30.3 Å². The summed E-state index contributed by atoms with van der Waals surface area (Å²) in [5.74, 6) is -1.13. The Bertz CT molecular complexity index is 1190. The summed E-state index contributed by atoms with van der Waals surface area (Å²) in [7, 11) is -4.19. The molecule has 0 aromatic heterocycles. The third-order valence-electron chi connectivity index (χ3n) is 5.52. The van der Waals surface area contributed by atoms with Crippen LogP contribution in [0.1, 0.15) is 38.3 Å². The zero-order chi connectivity index (χ0) is 28.0. The number of halogens is 4. The van der Waals surface area contributed by atoms with Crippen LogP contribution in [0.2, 0.25) is 5.02 Å². The van der Waals surface area contributed by atoms with Gasteiger partial charge in [-0.05, 0) is 50.5 Å². The van der Waals surface area contributed by atoms with Crippen LogP contribution in [-0.2, 0) is 32.2 Å². The fraction of sp³-hybridized carbons (Fsp3) is 0.440. The Labute approximate surface area is 220 Å². The molecule has 1 atom stereocenters. The largest absolute Gasteiger partial charge is 0.417 e. The number of carbonyl (C=O) groups is 2. The van der Waals surface area contributed by atoms with Crippen LogP contribution in [0.3, 0.4) is 0 Å². The number of carbonyl (C=O) groups excluding carboxylic acids is 2. The lowest BCUT2D eigenvalue weighted by molar-refractivity contribution is -0.139. The molecular weight excluding hydrogens is 531 g/mol. The van der Waals surface area contributed by atoms with Gasteiger partial charge in [0.25, 0.3) is 0 Å². The van der Waals surface area contributed by atoms with E-state index in [2.05, 4.69) is 5.32 Å². The van der Waals surface area contributed by atoms with Gasteiger partial charge in [0, 0.05) is 12.6 Å². The summed E-state index contributed by atoms with van der Waals surface area (Å²) in [4.78, 5) is 27.7. The molecule has 0 bridgehead atoms. The van der Waals surface area contributed by atoms with E-state index in [1.54, 1.807) is 20.8 Å². The van der Waals surface area contributed by atoms with E-state index in [9.17, 15) is 31.2 Å². The lowest BCUT2D eigenvalue weighted by Gasteiger charge is -2.33. The van der Waals surface area contributed by atoms with Crippen molar-refractivity contribution in [3.8, 4) is 0 Å². The van der Waals surface area contributed by atoms with Crippen LogP contribution in [-0.4, -0.2) is 56.6 Å². The summed E-state index contributed by atoms with van der Waals surface area (Å²) in [6, 6.07) is 10.7. The first-order valence-corrected chi connectivity index (χ1v) is 13.9. The van der Waals surface area contributed by atoms with Crippen molar-refractivity contribution in [2.75, 3.05) is 23.7 Å². The van der Waals surface area contributed by atoms with Crippen LogP contribution in [0.15, 0.2) is 48.5 Å². The lowest BCUT2D eigenvalue weighted by Crippen LogP contribution is -2.54. The van der Waals surface area contributed by atoms with E-state index in [4.69, 9.17) is 11.6 Å². The molecule has 0 aliphatic carbocycles. The quantitative estimate of drug-likeness (QED) is 0.438. The molecule has 0 aliphatic rings. The van der Waals surface area contributed by atoms with Crippen molar-refractivity contribution >= 4 is 39.1 Å². The van der Waals surface area contributed by atoms with E-state index in [0.717, 1.165) is 24.0 Å². The number of rotatable bonds is 11. The van der Waals surface area contributed by atoms with E-state index in [-0.39, 0.29) is 24.7 Å². The first-order valence-electron chi connectivity index (χ1n) is 11.6. The molecule has 0 fully saturated rings. The second-order valence-corrected chi connectivity index (χ2v) is 11.2. The fourth-order valence-electron chi connectivity index (χ4n) is 3.78. The van der Waals surface area contributed by atoms with Gasteiger partial charge in [0.15, 0.2) is 0 Å². The number of hydrogen-bond donors (Lipinski definition) is 1. The zero-order valence-electron chi connectivity index (χ0n) is 21.0. The summed E-state index contributed by atoms with van der Waals surface area (Å²) in [5.41, 5.74) is -0.696. The Morgan fingerprint density at radius 3 is 2.22 bits per heavy atom. The van der Waals surface area contributed by atoms with Crippen LogP contribution in [0, 0.1) is 0 Å². The molecule has 0 aliphatic heterocycles. The van der Waals surface area contributed by atoms with E-state index < -0.39 is 51.2 Å². The van der Waals surface area contributed by atoms with Gasteiger partial charge in [0.2, 0.25) is 21.8 Å². The van der Waals surface area contributed by atoms with Gasteiger partial charge in [-0.15, -0.1) is 0 Å². The topological polar surface area (TPSA) is 86.8 Å². The standard InChI is InChI=1S/C25H31ClF3N3O4S/c1-5-22(24(34)30-17(2)3)31(14-13-18-9-7-6-8-10-18)23(33)16-32(37(4,35)36)19-11-12-21(26)20(15-19)25(27,28)29/h6-12,15,17,22H,5,13-14,16H2,1-4H3,(H,30,34)/t22-/m1/s1. The lowest BCUT2D eigenvalue weighted by atomic mass is 10.1. The molecule has 7 nitrogen and oxygen atoms in total. The minimum absolute atomic E-state index is 0.0961. The van der Waals surface area contributed by atoms with Crippen LogP contribution in [0.4, 0.5) is 18.9 Å². The molecule has 12 heteroatoms. The maximum atomic E-state index is 13.5. The van der Waals surface area contributed by atoms with Gasteiger partial charge >= 0.3 is 6.18 Å². The van der Waals surface area contributed by atoms with Crippen LogP contribution >= 0.6 is 11.6 Å². The predicted molar refractivity (Wildman–Crippen MR) is 138 cm³/mol. The highest BCUT2D eigenvalue weighted by Crippen LogP contribution is 2.37. The summed E-state index contributed by atoms with van der Waals surface area (Å²) < 4.78 is 66.0. The minimum Gasteiger partial charge on any atom is -0.352 e. The molecular formula is C25H31ClF3N3O4S. The highest BCUT2D eigenvalue weighted by Gasteiger charge is 2.36. The third-order valence-corrected chi connectivity index (χ3v) is 6.99. The zero-order valence-corrected chi connectivity index (χ0v) is 22.6. The van der Waals surface area contributed by atoms with Gasteiger partial charge in [0.1, 0.15) is 12.6 Å². The summed E-state index contributed by atoms with van der Waals surface area (Å²) >= 11 is 5.68. The second kappa shape index (κ2) is 12.6. The SMILES string of the molecule is CC[C@H](C(=O)NC(C)C)N(CCc1ccccc1)C(=O)CN(c1ccc(Cl)c(C(F)(F)F)c1)S(C)(=O)=O. The molecule has 2 amide bonds. The smallest absolute Gasteiger partial charge is 0.352 e. The molecule has 0 saturated heterocycles. The van der Waals surface area contributed by atoms with E-state index in [0.29, 0.717) is 16.8 Å². The van der Waals surface area contributed by atoms with Crippen molar-refractivity contribution in [3.05, 3.63) is 64.7 Å². The third kappa shape index (κ3) is 8.63. The Morgan fingerprint density at radius 2 is 1.70 bits per heavy atom. The van der Waals surface area contributed by atoms with Crippen molar-refractivity contribution < 1.29 is 31.2 Å². The summed E-state index contributed by atoms with van der Waals surface area (Å²) in [6.07, 6.45) is -3.41. The molecule has 2 aromatic rings. The number of benzene rings is 2. The molecule has 2 rings (SSSR count). The molecule has 204 valence electrons. The van der Waals surface area contributed by atoms with Crippen molar-refractivity contribution in [1.29, 1.82) is 0 Å². The Hall–Kier alpha value is -2.79. The normalized spacial score (nSPS) is 12.8. The maximum absolute atomic E-state index is 13.5. The van der Waals surface area contributed by atoms with Crippen LogP contribution < -0.4 is 9.62 Å². The second-order valence-electron chi connectivity index (χ2n) is 8.84. The van der Waals surface area contributed by atoms with Gasteiger partial charge < -0.3 is 10.2 Å². The molecule has 1 N–H and O–H groups in total. The fourth-order valence-corrected chi connectivity index (χ4v) is 4.84. The Balaban J connectivity index is 2.45. The predicted octanol–water partition coefficient (Wildman–Crippen LogP) is 4.50. The number of nitrogens with zero attached hydrogens (tertiary/aromatic N) is 2. The highest BCUT2D eigenvalue weighted by molar-refractivity contribution is 7.92. The van der Waals surface area contributed by atoms with Gasteiger partial charge in [-0.3, -0.25) is 13.9 Å². The number of amides is 2. The average molecular weight is 562 g/mol. The van der Waals surface area contributed by atoms with Crippen molar-refractivity contribution in [2.24, 2.45) is 0 Å². The average Bonchev–Trinajstić information content (AvgIpc) is 2.79. The number of anilines is 1. The molecule has 0 spiro atoms. The number of sulfonamides is 1. The number of alkyl halides is 3. The summed E-state index contributed by atoms with van der Waals surface area (Å²) in [5, 5.41) is 2.17. The van der Waals surface area contributed by atoms with Crippen LogP contribution in [0.5, 0.6) is 0 Å². The first kappa shape index (κ1) is 30.4. The van der Waals surface area contributed by atoms with Gasteiger partial charge in [-0.2, -0.15) is 13.2 Å². The van der Waals surface area contributed by atoms with Gasteiger partial charge in [-0.1, -0.05) is 48.9 Å². The number of nitrogens with one attached hydrogen (secondary N) is 1. The van der Waals surface area contributed by atoms with Crippen molar-refractivity contribution in [2.45, 2.75) is 51.9 Å². The molecule has 0 unspecified atom stereocenters. The molecule has 0 saturated carbocycles. The van der Waals surface area contributed by atoms with Crippen LogP contribution in [0.25, 0.3) is 0 Å². The van der Waals surface area contributed by atoms with E-state index >= 15 is 0 Å². The van der Waals surface area contributed by atoms with Gasteiger partial charge in [-0.25, -0.2) is 8.42 Å². The Kier molecular flexibility index (Phi) is 10.4. The van der Waals surface area contributed by atoms with Gasteiger partial charge in [0.05, 0.1) is 22.5 Å².